The highest BCUT2D eigenvalue weighted by molar-refractivity contribution is 5.03. The molecule has 0 bridgehead atoms. The third-order valence-corrected chi connectivity index (χ3v) is 3.35. The van der Waals surface area contributed by atoms with Crippen molar-refractivity contribution < 1.29 is 0 Å². The molecule has 2 aromatic heterocycles. The summed E-state index contributed by atoms with van der Waals surface area (Å²) in [6, 6.07) is 1.42. The van der Waals surface area contributed by atoms with Gasteiger partial charge in [0, 0.05) is 39.4 Å². The molecule has 1 unspecified atom stereocenters. The molecule has 8 nitrogen and oxygen atoms in total. The second-order valence-corrected chi connectivity index (χ2v) is 4.78. The molecule has 0 saturated carbocycles. The van der Waals surface area contributed by atoms with Crippen molar-refractivity contribution in [3.63, 3.8) is 0 Å². The number of aromatic nitrogens is 5. The second-order valence-electron chi connectivity index (χ2n) is 4.78. The monoisotopic (exact) mass is 278 g/mol. The van der Waals surface area contributed by atoms with E-state index in [1.165, 1.54) is 17.7 Å². The highest BCUT2D eigenvalue weighted by Crippen LogP contribution is 2.07. The van der Waals surface area contributed by atoms with Crippen molar-refractivity contribution in [2.75, 3.05) is 0 Å². The van der Waals surface area contributed by atoms with Crippen LogP contribution in [0.15, 0.2) is 22.0 Å². The van der Waals surface area contributed by atoms with Crippen LogP contribution >= 0.6 is 0 Å². The zero-order valence-electron chi connectivity index (χ0n) is 12.0. The molecule has 0 aliphatic carbocycles. The van der Waals surface area contributed by atoms with Gasteiger partial charge in [-0.2, -0.15) is 0 Å². The number of nitrogens with zero attached hydrogens (tertiary/aromatic N) is 5. The highest BCUT2D eigenvalue weighted by Gasteiger charge is 2.12. The van der Waals surface area contributed by atoms with Gasteiger partial charge in [-0.3, -0.25) is 13.9 Å². The Hall–Kier alpha value is -2.22. The van der Waals surface area contributed by atoms with Gasteiger partial charge in [-0.25, -0.2) is 4.79 Å². The van der Waals surface area contributed by atoms with Gasteiger partial charge in [-0.05, 0) is 6.92 Å². The Bertz CT molecular complexity index is 726. The molecule has 20 heavy (non-hydrogen) atoms. The summed E-state index contributed by atoms with van der Waals surface area (Å²) in [7, 11) is 4.97. The highest BCUT2D eigenvalue weighted by atomic mass is 16.2. The molecule has 2 heterocycles. The fourth-order valence-electron chi connectivity index (χ4n) is 1.98. The van der Waals surface area contributed by atoms with Crippen LogP contribution in [-0.4, -0.2) is 23.9 Å². The average molecular weight is 278 g/mol. The molecule has 0 fully saturated rings. The van der Waals surface area contributed by atoms with Crippen molar-refractivity contribution in [1.29, 1.82) is 0 Å². The van der Waals surface area contributed by atoms with Crippen molar-refractivity contribution in [2.45, 2.75) is 19.5 Å². The maximum atomic E-state index is 11.8. The fourth-order valence-corrected chi connectivity index (χ4v) is 1.98. The van der Waals surface area contributed by atoms with Crippen molar-refractivity contribution in [1.82, 2.24) is 29.2 Å². The molecule has 0 saturated heterocycles. The first-order valence-corrected chi connectivity index (χ1v) is 6.25. The lowest BCUT2D eigenvalue weighted by Gasteiger charge is -2.15. The van der Waals surface area contributed by atoms with Crippen molar-refractivity contribution >= 4 is 0 Å². The molecular formula is C12H18N6O2. The third kappa shape index (κ3) is 2.55. The zero-order valence-corrected chi connectivity index (χ0v) is 12.0. The SMILES string of the molecule is CC(NCc1cc(=O)n(C)c(=O)n1C)c1nncn1C. The van der Waals surface area contributed by atoms with Crippen LogP contribution in [0.25, 0.3) is 0 Å². The average Bonchev–Trinajstić information content (AvgIpc) is 2.85. The molecule has 2 rings (SSSR count). The molecule has 1 N–H and O–H groups in total. The lowest BCUT2D eigenvalue weighted by atomic mass is 10.3. The first-order valence-electron chi connectivity index (χ1n) is 6.25. The standard InChI is InChI=1S/C12H18N6O2/c1-8(11-15-14-7-16(11)2)13-6-9-5-10(19)18(4)12(20)17(9)3/h5,7-8,13H,6H2,1-4H3. The quantitative estimate of drug-likeness (QED) is 0.780. The van der Waals surface area contributed by atoms with Gasteiger partial charge in [0.05, 0.1) is 6.04 Å². The van der Waals surface area contributed by atoms with Crippen LogP contribution in [0.5, 0.6) is 0 Å². The van der Waals surface area contributed by atoms with Crippen LogP contribution in [0.3, 0.4) is 0 Å². The molecular weight excluding hydrogens is 260 g/mol. The van der Waals surface area contributed by atoms with Gasteiger partial charge in [-0.15, -0.1) is 10.2 Å². The topological polar surface area (TPSA) is 86.7 Å². The summed E-state index contributed by atoms with van der Waals surface area (Å²) < 4.78 is 4.36. The Morgan fingerprint density at radius 3 is 2.55 bits per heavy atom. The molecule has 0 amide bonds. The summed E-state index contributed by atoms with van der Waals surface area (Å²) in [5.74, 6) is 0.791. The fraction of sp³-hybridized carbons (Fsp3) is 0.500. The minimum absolute atomic E-state index is 0.0401. The summed E-state index contributed by atoms with van der Waals surface area (Å²) in [5, 5.41) is 11.1. The van der Waals surface area contributed by atoms with Crippen LogP contribution in [-0.2, 0) is 27.7 Å². The van der Waals surface area contributed by atoms with Gasteiger partial charge in [0.1, 0.15) is 12.2 Å². The Morgan fingerprint density at radius 1 is 1.25 bits per heavy atom. The van der Waals surface area contributed by atoms with Crippen LogP contribution in [0.2, 0.25) is 0 Å². The summed E-state index contributed by atoms with van der Waals surface area (Å²) in [6.45, 7) is 2.35. The Morgan fingerprint density at radius 2 is 1.95 bits per heavy atom. The van der Waals surface area contributed by atoms with E-state index in [1.54, 1.807) is 13.4 Å². The summed E-state index contributed by atoms with van der Waals surface area (Å²) in [4.78, 5) is 23.4. The van der Waals surface area contributed by atoms with Gasteiger partial charge in [0.2, 0.25) is 0 Å². The smallest absolute Gasteiger partial charge is 0.319 e. The number of rotatable bonds is 4. The van der Waals surface area contributed by atoms with Gasteiger partial charge in [-0.1, -0.05) is 0 Å². The Balaban J connectivity index is 2.18. The lowest BCUT2D eigenvalue weighted by Crippen LogP contribution is -2.39. The van der Waals surface area contributed by atoms with E-state index in [4.69, 9.17) is 0 Å². The van der Waals surface area contributed by atoms with E-state index in [1.807, 2.05) is 18.5 Å². The van der Waals surface area contributed by atoms with Crippen LogP contribution < -0.4 is 16.6 Å². The maximum absolute atomic E-state index is 11.8. The van der Waals surface area contributed by atoms with Crippen molar-refractivity contribution in [3.8, 4) is 0 Å². The molecule has 0 aliphatic heterocycles. The van der Waals surface area contributed by atoms with Gasteiger partial charge in [0.15, 0.2) is 0 Å². The summed E-state index contributed by atoms with van der Waals surface area (Å²) in [5.41, 5.74) is -0.0102. The Labute approximate surface area is 115 Å². The zero-order chi connectivity index (χ0) is 14.9. The molecule has 1 atom stereocenters. The molecule has 0 aromatic carbocycles. The number of hydrogen-bond donors (Lipinski definition) is 1. The molecule has 8 heteroatoms. The van der Waals surface area contributed by atoms with E-state index in [9.17, 15) is 9.59 Å². The molecule has 0 aliphatic rings. The minimum atomic E-state index is -0.333. The Kier molecular flexibility index (Phi) is 3.84. The van der Waals surface area contributed by atoms with Gasteiger partial charge >= 0.3 is 5.69 Å². The molecule has 108 valence electrons. The predicted octanol–water partition coefficient (Wildman–Crippen LogP) is -0.937. The second kappa shape index (κ2) is 5.41. The lowest BCUT2D eigenvalue weighted by molar-refractivity contribution is 0.507. The number of aryl methyl sites for hydroxylation is 1. The van der Waals surface area contributed by atoms with E-state index in [0.29, 0.717) is 12.2 Å². The summed E-state index contributed by atoms with van der Waals surface area (Å²) >= 11 is 0. The van der Waals surface area contributed by atoms with E-state index in [0.717, 1.165) is 10.4 Å². The van der Waals surface area contributed by atoms with Crippen molar-refractivity contribution in [3.05, 3.63) is 44.8 Å². The first kappa shape index (κ1) is 14.2. The predicted molar refractivity (Wildman–Crippen MR) is 73.2 cm³/mol. The van der Waals surface area contributed by atoms with Crippen LogP contribution in [0, 0.1) is 0 Å². The van der Waals surface area contributed by atoms with E-state index in [2.05, 4.69) is 15.5 Å². The van der Waals surface area contributed by atoms with E-state index in [-0.39, 0.29) is 17.3 Å². The van der Waals surface area contributed by atoms with Crippen molar-refractivity contribution in [2.24, 2.45) is 21.1 Å². The van der Waals surface area contributed by atoms with Gasteiger partial charge in [0.25, 0.3) is 5.56 Å². The summed E-state index contributed by atoms with van der Waals surface area (Å²) in [6.07, 6.45) is 1.63. The first-order chi connectivity index (χ1) is 9.41. The number of nitrogens with one attached hydrogen (secondary N) is 1. The molecule has 0 spiro atoms. The minimum Gasteiger partial charge on any atom is -0.319 e. The molecule has 0 radical (unpaired) electrons. The third-order valence-electron chi connectivity index (χ3n) is 3.35. The normalized spacial score (nSPS) is 12.6. The molecule has 2 aromatic rings. The number of hydrogen-bond acceptors (Lipinski definition) is 5. The van der Waals surface area contributed by atoms with Gasteiger partial charge < -0.3 is 9.88 Å². The van der Waals surface area contributed by atoms with Crippen LogP contribution in [0.1, 0.15) is 24.5 Å². The maximum Gasteiger partial charge on any atom is 0.330 e. The van der Waals surface area contributed by atoms with E-state index < -0.39 is 0 Å². The largest absolute Gasteiger partial charge is 0.330 e. The van der Waals surface area contributed by atoms with E-state index >= 15 is 0 Å². The van der Waals surface area contributed by atoms with Crippen LogP contribution in [0.4, 0.5) is 0 Å².